The maximum Gasteiger partial charge on any atom is 0.212 e. The molecule has 8 heteroatoms. The van der Waals surface area contributed by atoms with Crippen molar-refractivity contribution in [3.8, 4) is 11.3 Å². The molecular formula is C19H21FN6O. The van der Waals surface area contributed by atoms with Crippen LogP contribution in [0.4, 0.5) is 4.39 Å². The zero-order valence-corrected chi connectivity index (χ0v) is 15.1. The Morgan fingerprint density at radius 2 is 2.04 bits per heavy atom. The minimum atomic E-state index is -0.257. The van der Waals surface area contributed by atoms with Crippen LogP contribution in [0, 0.1) is 19.7 Å². The summed E-state index contributed by atoms with van der Waals surface area (Å²) in [6.07, 6.45) is 4.82. The van der Waals surface area contributed by atoms with E-state index in [1.54, 1.807) is 10.6 Å². The van der Waals surface area contributed by atoms with Crippen LogP contribution < -0.4 is 16.8 Å². The van der Waals surface area contributed by atoms with Gasteiger partial charge in [0.25, 0.3) is 0 Å². The van der Waals surface area contributed by atoms with Gasteiger partial charge in [-0.2, -0.15) is 5.10 Å². The number of benzene rings is 1. The van der Waals surface area contributed by atoms with E-state index in [1.165, 1.54) is 30.5 Å². The van der Waals surface area contributed by atoms with Crippen molar-refractivity contribution in [2.24, 2.45) is 11.5 Å². The van der Waals surface area contributed by atoms with Crippen molar-refractivity contribution in [1.82, 2.24) is 19.9 Å². The van der Waals surface area contributed by atoms with E-state index in [0.717, 1.165) is 28.3 Å². The summed E-state index contributed by atoms with van der Waals surface area (Å²) < 4.78 is 15.0. The molecule has 3 rings (SSSR count). The zero-order chi connectivity index (χ0) is 19.8. The first-order valence-electron chi connectivity index (χ1n) is 8.09. The highest BCUT2D eigenvalue weighted by atomic mass is 19.1. The number of rotatable bonds is 4. The van der Waals surface area contributed by atoms with E-state index in [4.69, 9.17) is 11.5 Å². The first-order valence-corrected chi connectivity index (χ1v) is 8.09. The number of fused-ring (bicyclic) bond motifs is 1. The lowest BCUT2D eigenvalue weighted by molar-refractivity contribution is -0.108. The number of hydrogen-bond acceptors (Lipinski definition) is 5. The SMILES string of the molecule is Cc1nc2ccc(-c3cccc(F)c3)nn2c1C.N/C=C\C=C(/N)NC=O. The number of nitrogens with one attached hydrogen (secondary N) is 1. The van der Waals surface area contributed by atoms with Gasteiger partial charge in [-0.1, -0.05) is 12.1 Å². The summed E-state index contributed by atoms with van der Waals surface area (Å²) >= 11 is 0. The third-order valence-electron chi connectivity index (χ3n) is 3.67. The second-order valence-corrected chi connectivity index (χ2v) is 5.55. The normalized spacial score (nSPS) is 11.3. The Bertz CT molecular complexity index is 993. The molecule has 0 spiro atoms. The van der Waals surface area contributed by atoms with Crippen molar-refractivity contribution in [3.63, 3.8) is 0 Å². The molecule has 0 unspecified atom stereocenters. The topological polar surface area (TPSA) is 111 Å². The molecule has 5 N–H and O–H groups in total. The Morgan fingerprint density at radius 1 is 1.26 bits per heavy atom. The van der Waals surface area contributed by atoms with Gasteiger partial charge < -0.3 is 16.8 Å². The van der Waals surface area contributed by atoms with Gasteiger partial charge in [-0.3, -0.25) is 4.79 Å². The summed E-state index contributed by atoms with van der Waals surface area (Å²) in [6.45, 7) is 3.92. The molecule has 3 aromatic rings. The van der Waals surface area contributed by atoms with Gasteiger partial charge in [0.15, 0.2) is 5.65 Å². The van der Waals surface area contributed by atoms with Crippen molar-refractivity contribution >= 4 is 12.1 Å². The molecule has 0 aliphatic carbocycles. The third-order valence-corrected chi connectivity index (χ3v) is 3.67. The lowest BCUT2D eigenvalue weighted by Gasteiger charge is -2.02. The number of halogens is 1. The summed E-state index contributed by atoms with van der Waals surface area (Å²) in [5.41, 5.74) is 14.4. The van der Waals surface area contributed by atoms with E-state index in [1.807, 2.05) is 32.0 Å². The van der Waals surface area contributed by atoms with Gasteiger partial charge in [0.2, 0.25) is 6.41 Å². The van der Waals surface area contributed by atoms with Crippen LogP contribution in [-0.2, 0) is 4.79 Å². The average Bonchev–Trinajstić information content (AvgIpc) is 2.94. The van der Waals surface area contributed by atoms with Crippen molar-refractivity contribution in [2.75, 3.05) is 0 Å². The van der Waals surface area contributed by atoms with Crippen LogP contribution in [-0.4, -0.2) is 21.0 Å². The van der Waals surface area contributed by atoms with Crippen LogP contribution in [0.25, 0.3) is 16.9 Å². The quantitative estimate of drug-likeness (QED) is 0.483. The van der Waals surface area contributed by atoms with Crippen LogP contribution in [0.15, 0.2) is 60.6 Å². The monoisotopic (exact) mass is 368 g/mol. The standard InChI is InChI=1S/C14H12FN3.C5H9N3O/c1-9-10(2)18-14(16-9)7-6-13(17-18)11-4-3-5-12(15)8-11;6-3-1-2-5(7)8-4-9/h3-8H,1-2H3;1-4H,6-7H2,(H,8,9)/b;3-1-,5-2+. The van der Waals surface area contributed by atoms with E-state index >= 15 is 0 Å². The van der Waals surface area contributed by atoms with Crippen molar-refractivity contribution in [3.05, 3.63) is 77.8 Å². The summed E-state index contributed by atoms with van der Waals surface area (Å²) in [5, 5.41) is 6.73. The van der Waals surface area contributed by atoms with Gasteiger partial charge in [0.1, 0.15) is 11.6 Å². The lowest BCUT2D eigenvalue weighted by Crippen LogP contribution is -2.17. The molecule has 1 aromatic carbocycles. The summed E-state index contributed by atoms with van der Waals surface area (Å²) in [4.78, 5) is 14.1. The summed E-state index contributed by atoms with van der Waals surface area (Å²) in [7, 11) is 0. The molecule has 1 amide bonds. The van der Waals surface area contributed by atoms with Gasteiger partial charge in [-0.25, -0.2) is 13.9 Å². The number of carbonyl (C=O) groups is 1. The predicted octanol–water partition coefficient (Wildman–Crippen LogP) is 2.16. The number of allylic oxidation sites excluding steroid dienone is 2. The fourth-order valence-electron chi connectivity index (χ4n) is 2.23. The van der Waals surface area contributed by atoms with E-state index in [9.17, 15) is 9.18 Å². The van der Waals surface area contributed by atoms with Gasteiger partial charge in [-0.05, 0) is 56.5 Å². The fourth-order valence-corrected chi connectivity index (χ4v) is 2.23. The minimum absolute atomic E-state index is 0.257. The number of nitrogens with two attached hydrogens (primary N) is 2. The molecule has 0 bridgehead atoms. The van der Waals surface area contributed by atoms with Crippen LogP contribution in [0.2, 0.25) is 0 Å². The number of hydrogen-bond donors (Lipinski definition) is 3. The molecule has 2 aromatic heterocycles. The fraction of sp³-hybridized carbons (Fsp3) is 0.105. The molecule has 0 atom stereocenters. The number of nitrogens with zero attached hydrogens (tertiary/aromatic N) is 3. The Balaban J connectivity index is 0.000000249. The van der Waals surface area contributed by atoms with Crippen LogP contribution in [0.3, 0.4) is 0 Å². The number of amides is 1. The largest absolute Gasteiger partial charge is 0.405 e. The van der Waals surface area contributed by atoms with Gasteiger partial charge in [-0.15, -0.1) is 0 Å². The molecule has 0 aliphatic rings. The first-order chi connectivity index (χ1) is 13.0. The van der Waals surface area contributed by atoms with Crippen LogP contribution in [0.1, 0.15) is 11.4 Å². The van der Waals surface area contributed by atoms with E-state index in [2.05, 4.69) is 15.4 Å². The van der Waals surface area contributed by atoms with Gasteiger partial charge in [0.05, 0.1) is 17.1 Å². The number of aryl methyl sites for hydroxylation is 2. The van der Waals surface area contributed by atoms with Crippen molar-refractivity contribution in [2.45, 2.75) is 13.8 Å². The van der Waals surface area contributed by atoms with E-state index < -0.39 is 0 Å². The van der Waals surface area contributed by atoms with Gasteiger partial charge in [0, 0.05) is 5.56 Å². The van der Waals surface area contributed by atoms with Gasteiger partial charge >= 0.3 is 0 Å². The maximum atomic E-state index is 13.2. The highest BCUT2D eigenvalue weighted by Crippen LogP contribution is 2.19. The molecule has 0 saturated carbocycles. The molecule has 0 saturated heterocycles. The Labute approximate surface area is 156 Å². The van der Waals surface area contributed by atoms with Crippen molar-refractivity contribution < 1.29 is 9.18 Å². The zero-order valence-electron chi connectivity index (χ0n) is 15.1. The second kappa shape index (κ2) is 9.14. The van der Waals surface area contributed by atoms with E-state index in [-0.39, 0.29) is 11.6 Å². The molecule has 0 aliphatic heterocycles. The molecule has 140 valence electrons. The number of imidazole rings is 1. The second-order valence-electron chi connectivity index (χ2n) is 5.55. The first kappa shape index (κ1) is 19.6. The predicted molar refractivity (Wildman–Crippen MR) is 103 cm³/mol. The third kappa shape index (κ3) is 5.15. The lowest BCUT2D eigenvalue weighted by atomic mass is 10.1. The minimum Gasteiger partial charge on any atom is -0.405 e. The summed E-state index contributed by atoms with van der Waals surface area (Å²) in [5.74, 6) is 0.0135. The molecular weight excluding hydrogens is 347 g/mol. The van der Waals surface area contributed by atoms with Crippen LogP contribution in [0.5, 0.6) is 0 Å². The van der Waals surface area contributed by atoms with Crippen molar-refractivity contribution in [1.29, 1.82) is 0 Å². The van der Waals surface area contributed by atoms with E-state index in [0.29, 0.717) is 6.41 Å². The number of aromatic nitrogens is 3. The highest BCUT2D eigenvalue weighted by molar-refractivity contribution is 5.60. The Kier molecular flexibility index (Phi) is 6.65. The molecule has 7 nitrogen and oxygen atoms in total. The number of carbonyl (C=O) groups excluding carboxylic acids is 1. The Morgan fingerprint density at radius 3 is 2.70 bits per heavy atom. The summed E-state index contributed by atoms with van der Waals surface area (Å²) in [6, 6.07) is 10.2. The average molecular weight is 368 g/mol. The highest BCUT2D eigenvalue weighted by Gasteiger charge is 2.07. The molecule has 27 heavy (non-hydrogen) atoms. The Hall–Kier alpha value is -3.68. The molecule has 0 radical (unpaired) electrons. The van der Waals surface area contributed by atoms with Crippen LogP contribution >= 0.6 is 0 Å². The molecule has 2 heterocycles. The smallest absolute Gasteiger partial charge is 0.212 e. The molecule has 0 fully saturated rings. The maximum absolute atomic E-state index is 13.2.